The van der Waals surface area contributed by atoms with E-state index in [-0.39, 0.29) is 18.9 Å². The highest BCUT2D eigenvalue weighted by Gasteiger charge is 2.35. The molecule has 1 aliphatic heterocycles. The Hall–Kier alpha value is -2.91. The minimum atomic E-state index is -5.17. The van der Waals surface area contributed by atoms with Crippen LogP contribution in [0.1, 0.15) is 32.1 Å². The van der Waals surface area contributed by atoms with Crippen LogP contribution in [0.3, 0.4) is 0 Å². The molecule has 0 aromatic heterocycles. The number of hydrogen-bond acceptors (Lipinski definition) is 7. The van der Waals surface area contributed by atoms with Gasteiger partial charge in [0.25, 0.3) is 0 Å². The summed E-state index contributed by atoms with van der Waals surface area (Å²) in [5, 5.41) is 17.4. The number of halogens is 3. The van der Waals surface area contributed by atoms with Crippen LogP contribution in [0.2, 0.25) is 0 Å². The minimum Gasteiger partial charge on any atom is -0.480 e. The average Bonchev–Trinajstić information content (AvgIpc) is 2.80. The zero-order chi connectivity index (χ0) is 26.8. The number of carboxylic acids is 1. The molecule has 0 spiro atoms. The molecular formula is C21H29F3N4O7S. The molecular weight excluding hydrogens is 509 g/mol. The fourth-order valence-electron chi connectivity index (χ4n) is 3.53. The fourth-order valence-corrected chi connectivity index (χ4v) is 4.84. The summed E-state index contributed by atoms with van der Waals surface area (Å²) >= 11 is 0. The van der Waals surface area contributed by atoms with Gasteiger partial charge < -0.3 is 25.8 Å². The number of nitrogens with one attached hydrogen (secondary N) is 4. The van der Waals surface area contributed by atoms with Crippen molar-refractivity contribution in [1.82, 2.24) is 20.7 Å². The van der Waals surface area contributed by atoms with E-state index >= 15 is 0 Å². The minimum absolute atomic E-state index is 0.00249. The molecule has 2 rings (SSSR count). The lowest BCUT2D eigenvalue weighted by molar-refractivity contribution is -0.275. The third-order valence-corrected chi connectivity index (χ3v) is 6.89. The summed E-state index contributed by atoms with van der Waals surface area (Å²) in [5.74, 6) is -3.10. The van der Waals surface area contributed by atoms with Crippen molar-refractivity contribution < 1.29 is 45.8 Å². The Morgan fingerprint density at radius 3 is 2.36 bits per heavy atom. The van der Waals surface area contributed by atoms with Crippen LogP contribution in [0, 0.1) is 5.92 Å². The number of alkyl halides is 3. The number of benzene rings is 1. The van der Waals surface area contributed by atoms with E-state index in [2.05, 4.69) is 20.7 Å². The molecule has 5 N–H and O–H groups in total. The fraction of sp³-hybridized carbons (Fsp3) is 0.571. The summed E-state index contributed by atoms with van der Waals surface area (Å²) in [4.78, 5) is 34.5. The van der Waals surface area contributed by atoms with Crippen molar-refractivity contribution >= 4 is 27.8 Å². The van der Waals surface area contributed by atoms with Crippen molar-refractivity contribution in [3.8, 4) is 5.75 Å². The summed E-state index contributed by atoms with van der Waals surface area (Å²) < 4.78 is 68.3. The number of para-hydroxylation sites is 1. The second-order valence-corrected chi connectivity index (χ2v) is 9.83. The molecule has 1 atom stereocenters. The van der Waals surface area contributed by atoms with Gasteiger partial charge in [-0.2, -0.15) is 4.72 Å². The summed E-state index contributed by atoms with van der Waals surface area (Å²) in [6.07, 6.45) is -2.27. The molecule has 1 aromatic rings. The number of ether oxygens (including phenoxy) is 1. The first-order chi connectivity index (χ1) is 16.9. The van der Waals surface area contributed by atoms with E-state index in [1.54, 1.807) is 4.72 Å². The van der Waals surface area contributed by atoms with Crippen molar-refractivity contribution in [2.45, 2.75) is 49.4 Å². The monoisotopic (exact) mass is 538 g/mol. The Kier molecular flexibility index (Phi) is 10.9. The van der Waals surface area contributed by atoms with Crippen LogP contribution in [0.15, 0.2) is 29.2 Å². The Labute approximate surface area is 206 Å². The van der Waals surface area contributed by atoms with Crippen molar-refractivity contribution in [3.63, 3.8) is 0 Å². The summed E-state index contributed by atoms with van der Waals surface area (Å²) in [6.45, 7) is 1.17. The molecule has 36 heavy (non-hydrogen) atoms. The number of amides is 2. The normalized spacial score (nSPS) is 15.6. The van der Waals surface area contributed by atoms with Gasteiger partial charge >= 0.3 is 12.3 Å². The number of rotatable bonds is 13. The van der Waals surface area contributed by atoms with Gasteiger partial charge in [-0.25, -0.2) is 8.42 Å². The summed E-state index contributed by atoms with van der Waals surface area (Å²) in [7, 11) is -4.77. The van der Waals surface area contributed by atoms with Crippen molar-refractivity contribution in [2.24, 2.45) is 5.92 Å². The summed E-state index contributed by atoms with van der Waals surface area (Å²) in [6, 6.07) is 1.95. The first kappa shape index (κ1) is 29.3. The molecule has 202 valence electrons. The molecule has 1 aromatic carbocycles. The molecule has 1 aliphatic rings. The quantitative estimate of drug-likeness (QED) is 0.245. The number of carbonyl (C=O) groups is 3. The van der Waals surface area contributed by atoms with Gasteiger partial charge in [-0.15, -0.1) is 13.2 Å². The summed E-state index contributed by atoms with van der Waals surface area (Å²) in [5.41, 5.74) is 0. The maximum Gasteiger partial charge on any atom is 0.573 e. The molecule has 11 nitrogen and oxygen atoms in total. The molecule has 1 saturated heterocycles. The molecule has 1 unspecified atom stereocenters. The predicted octanol–water partition coefficient (Wildman–Crippen LogP) is 0.719. The zero-order valence-electron chi connectivity index (χ0n) is 19.3. The second kappa shape index (κ2) is 13.4. The van der Waals surface area contributed by atoms with Crippen LogP contribution in [-0.4, -0.2) is 69.9 Å². The van der Waals surface area contributed by atoms with Crippen LogP contribution >= 0.6 is 0 Å². The van der Waals surface area contributed by atoms with Crippen molar-refractivity contribution in [1.29, 1.82) is 0 Å². The van der Waals surface area contributed by atoms with E-state index in [1.807, 2.05) is 0 Å². The number of piperidine rings is 1. The number of aliphatic carboxylic acids is 1. The molecule has 0 aliphatic carbocycles. The highest BCUT2D eigenvalue weighted by atomic mass is 32.2. The third kappa shape index (κ3) is 10.4. The largest absolute Gasteiger partial charge is 0.573 e. The van der Waals surface area contributed by atoms with Crippen LogP contribution < -0.4 is 25.4 Å². The number of carbonyl (C=O) groups excluding carboxylic acids is 2. The van der Waals surface area contributed by atoms with Gasteiger partial charge in [-0.1, -0.05) is 12.1 Å². The van der Waals surface area contributed by atoms with Crippen LogP contribution in [0.4, 0.5) is 13.2 Å². The lowest BCUT2D eigenvalue weighted by Gasteiger charge is -2.22. The van der Waals surface area contributed by atoms with Crippen molar-refractivity contribution in [3.05, 3.63) is 24.3 Å². The van der Waals surface area contributed by atoms with Gasteiger partial charge in [0.05, 0.1) is 0 Å². The smallest absolute Gasteiger partial charge is 0.480 e. The SMILES string of the molecule is O=C(CCC1CCNCC1)NCCC(=O)NCC(NS(=O)(=O)c1ccccc1OC(F)(F)F)C(=O)O. The average molecular weight is 539 g/mol. The topological polar surface area (TPSA) is 163 Å². The molecule has 2 amide bonds. The Bertz CT molecular complexity index is 1020. The van der Waals surface area contributed by atoms with Gasteiger partial charge in [0.2, 0.25) is 21.8 Å². The van der Waals surface area contributed by atoms with Crippen LogP contribution in [0.25, 0.3) is 0 Å². The van der Waals surface area contributed by atoms with Gasteiger partial charge in [0.1, 0.15) is 16.7 Å². The predicted molar refractivity (Wildman–Crippen MR) is 120 cm³/mol. The standard InChI is InChI=1S/C21H29F3N4O7S/c22-21(23,24)35-16-3-1-2-4-17(16)36(33,34)28-15(20(31)32)13-27-19(30)9-12-26-18(29)6-5-14-7-10-25-11-8-14/h1-4,14-15,25,28H,5-13H2,(H,26,29)(H,27,30)(H,31,32). The number of hydrogen-bond donors (Lipinski definition) is 5. The van der Waals surface area contributed by atoms with Crippen LogP contribution in [0.5, 0.6) is 5.75 Å². The first-order valence-electron chi connectivity index (χ1n) is 11.2. The van der Waals surface area contributed by atoms with Crippen LogP contribution in [-0.2, 0) is 24.4 Å². The maximum atomic E-state index is 12.6. The van der Waals surface area contributed by atoms with E-state index in [0.29, 0.717) is 12.3 Å². The molecule has 0 radical (unpaired) electrons. The highest BCUT2D eigenvalue weighted by molar-refractivity contribution is 7.89. The molecule has 15 heteroatoms. The molecule has 0 bridgehead atoms. The van der Waals surface area contributed by atoms with Gasteiger partial charge in [-0.3, -0.25) is 14.4 Å². The molecule has 1 heterocycles. The zero-order valence-corrected chi connectivity index (χ0v) is 20.1. The lowest BCUT2D eigenvalue weighted by Crippen LogP contribution is -2.48. The number of sulfonamides is 1. The highest BCUT2D eigenvalue weighted by Crippen LogP contribution is 2.29. The third-order valence-electron chi connectivity index (χ3n) is 5.38. The van der Waals surface area contributed by atoms with Gasteiger partial charge in [0, 0.05) is 25.9 Å². The molecule has 1 fully saturated rings. The van der Waals surface area contributed by atoms with Gasteiger partial charge in [0.15, 0.2) is 0 Å². The Morgan fingerprint density at radius 2 is 1.72 bits per heavy atom. The van der Waals surface area contributed by atoms with E-state index in [1.165, 1.54) is 0 Å². The first-order valence-corrected chi connectivity index (χ1v) is 12.7. The van der Waals surface area contributed by atoms with Gasteiger partial charge in [-0.05, 0) is 50.4 Å². The van der Waals surface area contributed by atoms with E-state index in [9.17, 15) is 41.1 Å². The van der Waals surface area contributed by atoms with Crippen molar-refractivity contribution in [2.75, 3.05) is 26.2 Å². The molecule has 0 saturated carbocycles. The second-order valence-electron chi connectivity index (χ2n) is 8.14. The Morgan fingerprint density at radius 1 is 1.08 bits per heavy atom. The van der Waals surface area contributed by atoms with E-state index < -0.39 is 51.5 Å². The number of carboxylic acid groups (broad SMARTS) is 1. The maximum absolute atomic E-state index is 12.6. The Balaban J connectivity index is 1.82. The van der Waals surface area contributed by atoms with E-state index in [4.69, 9.17) is 0 Å². The lowest BCUT2D eigenvalue weighted by atomic mass is 9.93. The van der Waals surface area contributed by atoms with E-state index in [0.717, 1.165) is 56.6 Å².